The summed E-state index contributed by atoms with van der Waals surface area (Å²) in [4.78, 5) is 47.6. The van der Waals surface area contributed by atoms with Gasteiger partial charge in [-0.2, -0.15) is 0 Å². The molecule has 5 rings (SSSR count). The van der Waals surface area contributed by atoms with Gasteiger partial charge >= 0.3 is 5.97 Å². The second-order valence-corrected chi connectivity index (χ2v) is 9.42. The summed E-state index contributed by atoms with van der Waals surface area (Å²) in [6, 6.07) is 9.65. The number of furan rings is 1. The quantitative estimate of drug-likeness (QED) is 0.397. The Morgan fingerprint density at radius 3 is 2.48 bits per heavy atom. The van der Waals surface area contributed by atoms with E-state index in [0.717, 1.165) is 9.78 Å². The van der Waals surface area contributed by atoms with Crippen LogP contribution in [0.5, 0.6) is 0 Å². The molecular formula is C23H19ClN2O6S. The van der Waals surface area contributed by atoms with Gasteiger partial charge in [0.1, 0.15) is 22.7 Å². The zero-order valence-corrected chi connectivity index (χ0v) is 19.5. The number of rotatable bonds is 4. The molecule has 0 saturated carbocycles. The Hall–Kier alpha value is -3.14. The van der Waals surface area contributed by atoms with E-state index < -0.39 is 35.8 Å². The van der Waals surface area contributed by atoms with Crippen molar-refractivity contribution >= 4 is 51.4 Å². The van der Waals surface area contributed by atoms with E-state index in [1.165, 1.54) is 29.8 Å². The Morgan fingerprint density at radius 2 is 1.85 bits per heavy atom. The van der Waals surface area contributed by atoms with Gasteiger partial charge in [-0.1, -0.05) is 11.6 Å². The average Bonchev–Trinajstić information content (AvgIpc) is 3.55. The number of halogens is 1. The molecule has 0 aliphatic carbocycles. The topological polar surface area (TPSA) is 89.3 Å². The number of nitrogens with zero attached hydrogens (tertiary/aromatic N) is 2. The Morgan fingerprint density at radius 1 is 1.12 bits per heavy atom. The average molecular weight is 487 g/mol. The highest BCUT2D eigenvalue weighted by Gasteiger charge is 2.61. The largest absolute Gasteiger partial charge is 0.467 e. The number of methoxy groups -OCH3 is 1. The number of imide groups is 1. The second-order valence-electron chi connectivity index (χ2n) is 7.78. The monoisotopic (exact) mass is 486 g/mol. The first kappa shape index (κ1) is 21.7. The van der Waals surface area contributed by atoms with Crippen molar-refractivity contribution in [3.05, 3.63) is 69.4 Å². The molecule has 2 amide bonds. The number of anilines is 2. The Labute approximate surface area is 198 Å². The van der Waals surface area contributed by atoms with Crippen LogP contribution in [-0.2, 0) is 19.2 Å². The van der Waals surface area contributed by atoms with Gasteiger partial charge in [-0.25, -0.2) is 14.8 Å². The molecule has 0 unspecified atom stereocenters. The highest BCUT2D eigenvalue weighted by atomic mass is 35.5. The fraction of sp³-hybridized carbons (Fsp3) is 0.261. The first-order chi connectivity index (χ1) is 15.8. The number of hydrogen-bond donors (Lipinski definition) is 0. The van der Waals surface area contributed by atoms with Gasteiger partial charge in [-0.05, 0) is 55.8 Å². The molecule has 4 heterocycles. The summed E-state index contributed by atoms with van der Waals surface area (Å²) in [5, 5.41) is 2.31. The van der Waals surface area contributed by atoms with E-state index in [9.17, 15) is 14.4 Å². The van der Waals surface area contributed by atoms with Crippen molar-refractivity contribution < 1.29 is 28.4 Å². The van der Waals surface area contributed by atoms with Crippen LogP contribution in [0.25, 0.3) is 0 Å². The number of esters is 1. The minimum Gasteiger partial charge on any atom is -0.467 e. The van der Waals surface area contributed by atoms with Crippen molar-refractivity contribution in [2.45, 2.75) is 26.0 Å². The first-order valence-electron chi connectivity index (χ1n) is 10.1. The Bertz CT molecular complexity index is 1250. The molecule has 1 aromatic carbocycles. The second kappa shape index (κ2) is 8.02. The molecule has 3 aromatic rings. The van der Waals surface area contributed by atoms with Gasteiger partial charge in [-0.3, -0.25) is 14.4 Å². The van der Waals surface area contributed by atoms with E-state index in [-0.39, 0.29) is 10.6 Å². The lowest BCUT2D eigenvalue weighted by molar-refractivity contribution is -0.126. The van der Waals surface area contributed by atoms with E-state index in [1.807, 2.05) is 6.92 Å². The molecule has 2 aliphatic heterocycles. The molecule has 3 atom stereocenters. The van der Waals surface area contributed by atoms with Gasteiger partial charge < -0.3 is 9.15 Å². The van der Waals surface area contributed by atoms with Crippen molar-refractivity contribution in [3.63, 3.8) is 0 Å². The van der Waals surface area contributed by atoms with Crippen molar-refractivity contribution in [1.82, 2.24) is 0 Å². The summed E-state index contributed by atoms with van der Waals surface area (Å²) in [5.74, 6) is -1.99. The van der Waals surface area contributed by atoms with Gasteiger partial charge in [0.15, 0.2) is 6.10 Å². The predicted molar refractivity (Wildman–Crippen MR) is 121 cm³/mol. The van der Waals surface area contributed by atoms with Crippen LogP contribution < -0.4 is 9.96 Å². The number of aryl methyl sites for hydroxylation is 1. The molecule has 0 bridgehead atoms. The lowest BCUT2D eigenvalue weighted by Gasteiger charge is -2.27. The number of hydroxylamine groups is 1. The lowest BCUT2D eigenvalue weighted by atomic mass is 9.94. The first-order valence-corrected chi connectivity index (χ1v) is 11.3. The van der Waals surface area contributed by atoms with Crippen molar-refractivity contribution in [3.8, 4) is 0 Å². The molecule has 2 aromatic heterocycles. The summed E-state index contributed by atoms with van der Waals surface area (Å²) in [5.41, 5.74) is 1.51. The molecule has 2 aliphatic rings. The number of carbonyl (C=O) groups is 3. The molecular weight excluding hydrogens is 468 g/mol. The number of hydrogen-bond acceptors (Lipinski definition) is 8. The Kier molecular flexibility index (Phi) is 5.27. The summed E-state index contributed by atoms with van der Waals surface area (Å²) in [6.45, 7) is 3.59. The molecule has 33 heavy (non-hydrogen) atoms. The molecule has 170 valence electrons. The van der Waals surface area contributed by atoms with E-state index >= 15 is 0 Å². The summed E-state index contributed by atoms with van der Waals surface area (Å²) in [6.07, 6.45) is 0.430. The number of thiophene rings is 1. The molecule has 0 spiro atoms. The highest BCUT2D eigenvalue weighted by Crippen LogP contribution is 2.49. The van der Waals surface area contributed by atoms with Crippen LogP contribution in [-0.4, -0.2) is 31.0 Å². The van der Waals surface area contributed by atoms with Crippen LogP contribution in [0, 0.1) is 19.8 Å². The van der Waals surface area contributed by atoms with Crippen LogP contribution in [0.1, 0.15) is 32.6 Å². The molecule has 2 saturated heterocycles. The molecule has 0 N–H and O–H groups in total. The normalized spacial score (nSPS) is 22.2. The van der Waals surface area contributed by atoms with E-state index in [0.29, 0.717) is 22.0 Å². The molecule has 10 heteroatoms. The van der Waals surface area contributed by atoms with Crippen LogP contribution >= 0.6 is 22.9 Å². The summed E-state index contributed by atoms with van der Waals surface area (Å²) < 4.78 is 10.5. The third kappa shape index (κ3) is 3.26. The maximum absolute atomic E-state index is 13.7. The predicted octanol–water partition coefficient (Wildman–Crippen LogP) is 4.45. The van der Waals surface area contributed by atoms with Crippen LogP contribution in [0.4, 0.5) is 10.7 Å². The van der Waals surface area contributed by atoms with Gasteiger partial charge in [0, 0.05) is 9.90 Å². The van der Waals surface area contributed by atoms with Crippen LogP contribution in [0.3, 0.4) is 0 Å². The third-order valence-electron chi connectivity index (χ3n) is 5.99. The van der Waals surface area contributed by atoms with E-state index in [1.54, 1.807) is 43.3 Å². The minimum absolute atomic E-state index is 0.214. The number of fused-ring (bicyclic) bond motifs is 1. The number of amides is 2. The molecule has 8 nitrogen and oxygen atoms in total. The maximum atomic E-state index is 13.7. The fourth-order valence-electron chi connectivity index (χ4n) is 4.28. The molecule has 2 fully saturated rings. The maximum Gasteiger partial charge on any atom is 0.341 e. The summed E-state index contributed by atoms with van der Waals surface area (Å²) in [7, 11) is 1.26. The van der Waals surface area contributed by atoms with Gasteiger partial charge in [-0.15, -0.1) is 11.3 Å². The number of carbonyl (C=O) groups excluding carboxylic acids is 3. The van der Waals surface area contributed by atoms with Crippen LogP contribution in [0.2, 0.25) is 5.02 Å². The van der Waals surface area contributed by atoms with Gasteiger partial charge in [0.05, 0.1) is 24.6 Å². The van der Waals surface area contributed by atoms with E-state index in [2.05, 4.69) is 0 Å². The van der Waals surface area contributed by atoms with Crippen molar-refractivity contribution in [2.24, 2.45) is 5.92 Å². The van der Waals surface area contributed by atoms with Crippen molar-refractivity contribution in [1.29, 1.82) is 0 Å². The smallest absolute Gasteiger partial charge is 0.341 e. The van der Waals surface area contributed by atoms with E-state index in [4.69, 9.17) is 25.6 Å². The Balaban J connectivity index is 1.59. The third-order valence-corrected chi connectivity index (χ3v) is 7.43. The van der Waals surface area contributed by atoms with Crippen LogP contribution in [0.15, 0.2) is 47.1 Å². The number of ether oxygens (including phenoxy) is 1. The van der Waals surface area contributed by atoms with Crippen molar-refractivity contribution in [2.75, 3.05) is 17.1 Å². The zero-order valence-electron chi connectivity index (χ0n) is 17.9. The minimum atomic E-state index is -1.07. The molecule has 0 radical (unpaired) electrons. The van der Waals surface area contributed by atoms with Gasteiger partial charge in [0.25, 0.3) is 5.91 Å². The number of benzene rings is 1. The standard InChI is InChI=1S/C23H19ClN2O6S/c1-11-12(2)33-22(16(11)23(29)30-3)25-20(27)17-18(15-5-4-10-31-15)26(32-19(17)21(25)28)14-8-6-13(24)7-9-14/h4-10,17-19H,1-3H3/t17-,18-,19+/m0/s1. The SMILES string of the molecule is COC(=O)c1c(N2C(=O)[C@@H]3[C@@H](ON(c4ccc(Cl)cc4)[C@H]3c3ccco3)C2=O)sc(C)c1C. The fourth-order valence-corrected chi connectivity index (χ4v) is 5.56. The lowest BCUT2D eigenvalue weighted by Crippen LogP contribution is -2.37. The zero-order chi connectivity index (χ0) is 23.4. The highest BCUT2D eigenvalue weighted by molar-refractivity contribution is 7.17. The van der Waals surface area contributed by atoms with Gasteiger partial charge in [0.2, 0.25) is 5.91 Å². The summed E-state index contributed by atoms with van der Waals surface area (Å²) >= 11 is 7.22.